The van der Waals surface area contributed by atoms with Gasteiger partial charge < -0.3 is 17.7 Å². The van der Waals surface area contributed by atoms with Crippen LogP contribution in [0.25, 0.3) is 0 Å². The Morgan fingerprint density at radius 2 is 0.667 bits per heavy atom. The first-order chi connectivity index (χ1) is 13.3. The first-order valence-corrected chi connectivity index (χ1v) is 13.5. The highest BCUT2D eigenvalue weighted by atomic mass is 28.4. The van der Waals surface area contributed by atoms with Gasteiger partial charge in [-0.2, -0.15) is 0 Å². The van der Waals surface area contributed by atoms with Gasteiger partial charge >= 0.3 is 9.05 Å². The topological polar surface area (TPSA) is 36.9 Å². The summed E-state index contributed by atoms with van der Waals surface area (Å²) in [5, 5.41) is 0. The van der Waals surface area contributed by atoms with E-state index in [2.05, 4.69) is 0 Å². The molecule has 0 aromatic rings. The predicted molar refractivity (Wildman–Crippen MR) is 108 cm³/mol. The highest BCUT2D eigenvalue weighted by Crippen LogP contribution is 2.37. The van der Waals surface area contributed by atoms with Crippen LogP contribution in [0.2, 0.25) is 0 Å². The Labute approximate surface area is 167 Å². The van der Waals surface area contributed by atoms with Crippen molar-refractivity contribution >= 4 is 9.05 Å². The smallest absolute Gasteiger partial charge is 0.351 e. The lowest BCUT2D eigenvalue weighted by atomic mass is 9.77. The lowest BCUT2D eigenvalue weighted by Crippen LogP contribution is -2.52. The van der Waals surface area contributed by atoms with Crippen molar-refractivity contribution in [2.24, 2.45) is 23.7 Å². The lowest BCUT2D eigenvalue weighted by Gasteiger charge is -2.38. The summed E-state index contributed by atoms with van der Waals surface area (Å²) in [6, 6.07) is 0. The van der Waals surface area contributed by atoms with Crippen LogP contribution in [0, 0.1) is 23.7 Å². The van der Waals surface area contributed by atoms with E-state index in [0.29, 0.717) is 0 Å². The minimum atomic E-state index is -2.89. The Balaban J connectivity index is 1.25. The molecule has 2 aliphatic heterocycles. The van der Waals surface area contributed by atoms with Crippen LogP contribution >= 0.6 is 0 Å². The Morgan fingerprint density at radius 3 is 1.00 bits per heavy atom. The Hall–Kier alpha value is 0.0569. The molecule has 4 aliphatic rings. The zero-order valence-corrected chi connectivity index (χ0v) is 18.2. The van der Waals surface area contributed by atoms with E-state index in [0.717, 1.165) is 75.8 Å². The number of hydrogen-bond acceptors (Lipinski definition) is 4. The molecule has 4 nitrogen and oxygen atoms in total. The van der Waals surface area contributed by atoms with Gasteiger partial charge in [-0.05, 0) is 49.4 Å². The van der Waals surface area contributed by atoms with Gasteiger partial charge in [0, 0.05) is 26.4 Å². The SMILES string of the molecule is C1CCC(C2CCO[Si]3(OCC2)OCCC(C2CCCCC2)CCO3)CC1. The quantitative estimate of drug-likeness (QED) is 0.580. The van der Waals surface area contributed by atoms with Crippen molar-refractivity contribution in [1.29, 1.82) is 0 Å². The summed E-state index contributed by atoms with van der Waals surface area (Å²) >= 11 is 0. The molecule has 0 amide bonds. The zero-order chi connectivity index (χ0) is 18.4. The van der Waals surface area contributed by atoms with Gasteiger partial charge in [0.2, 0.25) is 0 Å². The summed E-state index contributed by atoms with van der Waals surface area (Å²) in [6.07, 6.45) is 18.7. The van der Waals surface area contributed by atoms with E-state index in [-0.39, 0.29) is 0 Å². The van der Waals surface area contributed by atoms with E-state index in [1.165, 1.54) is 64.2 Å². The molecule has 0 unspecified atom stereocenters. The van der Waals surface area contributed by atoms with E-state index in [4.69, 9.17) is 17.7 Å². The molecule has 0 N–H and O–H groups in total. The molecule has 2 aliphatic carbocycles. The van der Waals surface area contributed by atoms with Crippen molar-refractivity contribution in [2.75, 3.05) is 26.4 Å². The molecule has 2 heterocycles. The predicted octanol–water partition coefficient (Wildman–Crippen LogP) is 5.47. The van der Waals surface area contributed by atoms with Crippen LogP contribution in [-0.2, 0) is 17.7 Å². The van der Waals surface area contributed by atoms with Crippen molar-refractivity contribution in [3.05, 3.63) is 0 Å². The standard InChI is InChI=1S/C22H40O4Si/c1-3-7-19(8-4-1)21-11-15-23-27(24-16-12-21)25-17-13-22(14-18-26-27)20-9-5-2-6-10-20/h19-22H,1-18H2. The third kappa shape index (κ3) is 5.56. The first kappa shape index (κ1) is 20.3. The van der Waals surface area contributed by atoms with E-state index in [1.807, 2.05) is 0 Å². The second-order valence-electron chi connectivity index (χ2n) is 9.36. The molecule has 0 aromatic carbocycles. The summed E-state index contributed by atoms with van der Waals surface area (Å²) < 4.78 is 24.9. The summed E-state index contributed by atoms with van der Waals surface area (Å²) in [5.41, 5.74) is 0. The lowest BCUT2D eigenvalue weighted by molar-refractivity contribution is -0.0662. The third-order valence-electron chi connectivity index (χ3n) is 7.70. The fourth-order valence-electron chi connectivity index (χ4n) is 6.03. The number of rotatable bonds is 2. The van der Waals surface area contributed by atoms with Crippen molar-refractivity contribution in [3.63, 3.8) is 0 Å². The fourth-order valence-corrected chi connectivity index (χ4v) is 8.01. The minimum Gasteiger partial charge on any atom is -0.351 e. The van der Waals surface area contributed by atoms with E-state index in [1.54, 1.807) is 0 Å². The summed E-state index contributed by atoms with van der Waals surface area (Å²) in [5.74, 6) is 3.30. The maximum atomic E-state index is 6.22. The molecule has 2 saturated heterocycles. The van der Waals surface area contributed by atoms with Crippen molar-refractivity contribution < 1.29 is 17.7 Å². The monoisotopic (exact) mass is 396 g/mol. The van der Waals surface area contributed by atoms with Crippen LogP contribution in [0.5, 0.6) is 0 Å². The van der Waals surface area contributed by atoms with Crippen molar-refractivity contribution in [1.82, 2.24) is 0 Å². The summed E-state index contributed by atoms with van der Waals surface area (Å²) in [6.45, 7) is 3.00. The maximum Gasteiger partial charge on any atom is 0.679 e. The van der Waals surface area contributed by atoms with Gasteiger partial charge in [0.15, 0.2) is 0 Å². The van der Waals surface area contributed by atoms with Gasteiger partial charge in [0.1, 0.15) is 0 Å². The molecule has 0 radical (unpaired) electrons. The molecule has 27 heavy (non-hydrogen) atoms. The normalized spacial score (nSPS) is 38.7. The average Bonchev–Trinajstić information content (AvgIpc) is 2.68. The minimum absolute atomic E-state index is 0.749. The van der Waals surface area contributed by atoms with Crippen LogP contribution in [0.15, 0.2) is 0 Å². The summed E-state index contributed by atoms with van der Waals surface area (Å²) in [7, 11) is -2.89. The molecular formula is C22H40O4Si. The van der Waals surface area contributed by atoms with Crippen LogP contribution in [0.1, 0.15) is 89.9 Å². The molecule has 2 saturated carbocycles. The third-order valence-corrected chi connectivity index (χ3v) is 9.93. The highest BCUT2D eigenvalue weighted by molar-refractivity contribution is 6.53. The van der Waals surface area contributed by atoms with E-state index < -0.39 is 9.05 Å². The van der Waals surface area contributed by atoms with Crippen LogP contribution in [-0.4, -0.2) is 35.5 Å². The molecule has 1 spiro atoms. The molecule has 5 heteroatoms. The largest absolute Gasteiger partial charge is 0.679 e. The molecule has 4 fully saturated rings. The average molecular weight is 397 g/mol. The second-order valence-corrected chi connectivity index (χ2v) is 11.5. The maximum absolute atomic E-state index is 6.22. The van der Waals surface area contributed by atoms with Gasteiger partial charge in [-0.15, -0.1) is 0 Å². The second kappa shape index (κ2) is 10.2. The van der Waals surface area contributed by atoms with E-state index >= 15 is 0 Å². The van der Waals surface area contributed by atoms with Gasteiger partial charge in [0.05, 0.1) is 0 Å². The molecule has 0 atom stereocenters. The van der Waals surface area contributed by atoms with Crippen LogP contribution < -0.4 is 0 Å². The molecule has 0 bridgehead atoms. The molecule has 156 valence electrons. The fraction of sp³-hybridized carbons (Fsp3) is 1.00. The molecular weight excluding hydrogens is 356 g/mol. The van der Waals surface area contributed by atoms with Gasteiger partial charge in [0.25, 0.3) is 0 Å². The van der Waals surface area contributed by atoms with Gasteiger partial charge in [-0.25, -0.2) is 0 Å². The van der Waals surface area contributed by atoms with Crippen LogP contribution in [0.3, 0.4) is 0 Å². The first-order valence-electron chi connectivity index (χ1n) is 11.9. The van der Waals surface area contributed by atoms with Gasteiger partial charge in [-0.3, -0.25) is 0 Å². The molecule has 0 aromatic heterocycles. The van der Waals surface area contributed by atoms with Crippen LogP contribution in [0.4, 0.5) is 0 Å². The van der Waals surface area contributed by atoms with Gasteiger partial charge in [-0.1, -0.05) is 64.2 Å². The summed E-state index contributed by atoms with van der Waals surface area (Å²) in [4.78, 5) is 0. The number of hydrogen-bond donors (Lipinski definition) is 0. The Kier molecular flexibility index (Phi) is 7.68. The molecule has 4 rings (SSSR count). The van der Waals surface area contributed by atoms with Crippen molar-refractivity contribution in [3.8, 4) is 0 Å². The Bertz CT molecular complexity index is 371. The highest BCUT2D eigenvalue weighted by Gasteiger charge is 2.48. The zero-order valence-electron chi connectivity index (χ0n) is 17.2. The van der Waals surface area contributed by atoms with E-state index in [9.17, 15) is 0 Å². The Morgan fingerprint density at radius 1 is 0.370 bits per heavy atom. The van der Waals surface area contributed by atoms with Crippen molar-refractivity contribution in [2.45, 2.75) is 89.9 Å².